The number of hydrogen-bond donors (Lipinski definition) is 0. The molecule has 4 aromatic rings. The van der Waals surface area contributed by atoms with Gasteiger partial charge in [-0.3, -0.25) is 19.3 Å². The zero-order chi connectivity index (χ0) is 20.8. The van der Waals surface area contributed by atoms with E-state index in [2.05, 4.69) is 10.2 Å². The van der Waals surface area contributed by atoms with E-state index < -0.39 is 17.3 Å². The zero-order valence-electron chi connectivity index (χ0n) is 16.6. The van der Waals surface area contributed by atoms with Crippen molar-refractivity contribution in [2.75, 3.05) is 0 Å². The number of pyridine rings is 2. The van der Waals surface area contributed by atoms with E-state index >= 15 is 0 Å². The third-order valence-corrected chi connectivity index (χ3v) is 5.00. The number of hydrogen-bond acceptors (Lipinski definition) is 4. The fourth-order valence-corrected chi connectivity index (χ4v) is 3.33. The first-order chi connectivity index (χ1) is 13.8. The first kappa shape index (κ1) is 18.9. The average Bonchev–Trinajstić information content (AvgIpc) is 3.22. The lowest BCUT2D eigenvalue weighted by molar-refractivity contribution is 0.553. The Morgan fingerprint density at radius 2 is 1.14 bits per heavy atom. The number of nitrogens with zero attached hydrogens (tertiary/aromatic N) is 6. The molecule has 4 aromatic heterocycles. The lowest BCUT2D eigenvalue weighted by atomic mass is 9.84. The van der Waals surface area contributed by atoms with Crippen LogP contribution in [0.25, 0.3) is 22.8 Å². The second-order valence-corrected chi connectivity index (χ2v) is 7.39. The lowest BCUT2D eigenvalue weighted by Gasteiger charge is -2.24. The predicted molar refractivity (Wildman–Crippen MR) is 105 cm³/mol. The summed E-state index contributed by atoms with van der Waals surface area (Å²) in [5, 5.41) is 7.50. The highest BCUT2D eigenvalue weighted by atomic mass is 19.1. The largest absolute Gasteiger partial charge is 0.263 e. The molecule has 0 N–H and O–H groups in total. The smallest absolute Gasteiger partial charge is 0.233 e. The van der Waals surface area contributed by atoms with Crippen LogP contribution in [0.1, 0.15) is 25.2 Å². The van der Waals surface area contributed by atoms with Gasteiger partial charge < -0.3 is 0 Å². The van der Waals surface area contributed by atoms with Gasteiger partial charge in [-0.15, -0.1) is 10.2 Å². The number of rotatable bonds is 4. The van der Waals surface area contributed by atoms with Crippen LogP contribution in [0, 0.1) is 11.9 Å². The summed E-state index contributed by atoms with van der Waals surface area (Å²) in [5.41, 5.74) is 3.44. The van der Waals surface area contributed by atoms with Gasteiger partial charge in [-0.05, 0) is 38.1 Å². The van der Waals surface area contributed by atoms with Gasteiger partial charge in [-0.2, -0.15) is 8.78 Å². The summed E-state index contributed by atoms with van der Waals surface area (Å²) in [7, 11) is 3.35. The summed E-state index contributed by atoms with van der Waals surface area (Å²) < 4.78 is 29.9. The van der Waals surface area contributed by atoms with Gasteiger partial charge in [0.1, 0.15) is 0 Å². The van der Waals surface area contributed by atoms with Gasteiger partial charge in [-0.1, -0.05) is 12.1 Å². The van der Waals surface area contributed by atoms with E-state index in [-0.39, 0.29) is 0 Å². The van der Waals surface area contributed by atoms with E-state index in [9.17, 15) is 8.78 Å². The second-order valence-electron chi connectivity index (χ2n) is 7.39. The minimum atomic E-state index is -0.549. The Bertz CT molecular complexity index is 1100. The molecule has 0 amide bonds. The van der Waals surface area contributed by atoms with Crippen molar-refractivity contribution in [3.8, 4) is 22.8 Å². The molecule has 0 aliphatic heterocycles. The Morgan fingerprint density at radius 3 is 1.48 bits per heavy atom. The third kappa shape index (κ3) is 3.41. The van der Waals surface area contributed by atoms with Crippen LogP contribution in [0.5, 0.6) is 0 Å². The van der Waals surface area contributed by atoms with E-state index in [1.807, 2.05) is 50.2 Å². The Kier molecular flexibility index (Phi) is 4.49. The third-order valence-electron chi connectivity index (χ3n) is 5.00. The van der Waals surface area contributed by atoms with Gasteiger partial charge >= 0.3 is 0 Å². The maximum atomic E-state index is 13.5. The summed E-state index contributed by atoms with van der Waals surface area (Å²) in [6.45, 7) is 4.03. The van der Waals surface area contributed by atoms with Crippen LogP contribution >= 0.6 is 0 Å². The standard InChI is InChI=1S/C21H20F2N6/c1-21(2,17-9-5-7-13(24-17)15-11-19(22)26-28(15)3)18-10-6-8-14(25-18)16-12-20(23)27-29(16)4/h5-12H,1-4H3. The van der Waals surface area contributed by atoms with Crippen molar-refractivity contribution in [1.29, 1.82) is 0 Å². The van der Waals surface area contributed by atoms with Crippen molar-refractivity contribution < 1.29 is 8.78 Å². The van der Waals surface area contributed by atoms with Crippen LogP contribution in [-0.4, -0.2) is 29.5 Å². The Labute approximate surface area is 166 Å². The molecule has 0 aromatic carbocycles. The van der Waals surface area contributed by atoms with Crippen LogP contribution in [-0.2, 0) is 19.5 Å². The number of halogens is 2. The molecule has 0 unspecified atom stereocenters. The molecule has 0 spiro atoms. The molecule has 4 rings (SSSR count). The molecule has 0 saturated carbocycles. The van der Waals surface area contributed by atoms with Gasteiger partial charge in [0.15, 0.2) is 0 Å². The van der Waals surface area contributed by atoms with E-state index in [1.54, 1.807) is 14.1 Å². The fourth-order valence-electron chi connectivity index (χ4n) is 3.33. The average molecular weight is 394 g/mol. The quantitative estimate of drug-likeness (QED) is 0.527. The van der Waals surface area contributed by atoms with Crippen LogP contribution < -0.4 is 0 Å². The lowest BCUT2D eigenvalue weighted by Crippen LogP contribution is -2.22. The van der Waals surface area contributed by atoms with Gasteiger partial charge in [0.2, 0.25) is 11.9 Å². The Hall–Kier alpha value is -3.42. The number of aryl methyl sites for hydroxylation is 2. The van der Waals surface area contributed by atoms with Gasteiger partial charge in [0, 0.05) is 31.6 Å². The molecule has 0 bridgehead atoms. The summed E-state index contributed by atoms with van der Waals surface area (Å²) in [5.74, 6) is -1.10. The van der Waals surface area contributed by atoms with Crippen molar-refractivity contribution >= 4 is 0 Å². The minimum Gasteiger partial charge on any atom is -0.263 e. The molecule has 148 valence electrons. The Balaban J connectivity index is 1.76. The van der Waals surface area contributed by atoms with Crippen LogP contribution in [0.2, 0.25) is 0 Å². The van der Waals surface area contributed by atoms with Crippen LogP contribution in [0.4, 0.5) is 8.78 Å². The summed E-state index contributed by atoms with van der Waals surface area (Å²) in [4.78, 5) is 9.49. The Morgan fingerprint density at radius 1 is 0.724 bits per heavy atom. The molecule has 0 aliphatic rings. The summed E-state index contributed by atoms with van der Waals surface area (Å²) >= 11 is 0. The summed E-state index contributed by atoms with van der Waals surface area (Å²) in [6, 6.07) is 13.9. The maximum Gasteiger partial charge on any atom is 0.233 e. The minimum absolute atomic E-state index is 0.541. The first-order valence-corrected chi connectivity index (χ1v) is 9.10. The van der Waals surface area contributed by atoms with Crippen LogP contribution in [0.15, 0.2) is 48.5 Å². The first-order valence-electron chi connectivity index (χ1n) is 9.10. The molecule has 0 fully saturated rings. The van der Waals surface area contributed by atoms with Crippen molar-refractivity contribution in [2.24, 2.45) is 14.1 Å². The molecule has 6 nitrogen and oxygen atoms in total. The van der Waals surface area contributed by atoms with Crippen molar-refractivity contribution in [3.05, 3.63) is 71.8 Å². The SMILES string of the molecule is Cn1nc(F)cc1-c1cccc(C(C)(C)c2cccc(-c3cc(F)nn3C)n2)n1. The molecule has 0 saturated heterocycles. The maximum absolute atomic E-state index is 13.5. The summed E-state index contributed by atoms with van der Waals surface area (Å²) in [6.07, 6.45) is 0. The molecule has 4 heterocycles. The van der Waals surface area contributed by atoms with Crippen LogP contribution in [0.3, 0.4) is 0 Å². The zero-order valence-corrected chi connectivity index (χ0v) is 16.6. The van der Waals surface area contributed by atoms with Gasteiger partial charge in [0.25, 0.3) is 0 Å². The highest BCUT2D eigenvalue weighted by Crippen LogP contribution is 2.32. The van der Waals surface area contributed by atoms with Gasteiger partial charge in [0.05, 0.1) is 34.2 Å². The molecule has 29 heavy (non-hydrogen) atoms. The van der Waals surface area contributed by atoms with Gasteiger partial charge in [-0.25, -0.2) is 0 Å². The predicted octanol–water partition coefficient (Wildman–Crippen LogP) is 3.88. The van der Waals surface area contributed by atoms with E-state index in [0.29, 0.717) is 22.8 Å². The second kappa shape index (κ2) is 6.88. The van der Waals surface area contributed by atoms with E-state index in [0.717, 1.165) is 11.4 Å². The molecular weight excluding hydrogens is 374 g/mol. The monoisotopic (exact) mass is 394 g/mol. The fraction of sp³-hybridized carbons (Fsp3) is 0.238. The van der Waals surface area contributed by atoms with Crippen molar-refractivity contribution in [3.63, 3.8) is 0 Å². The highest BCUT2D eigenvalue weighted by molar-refractivity contribution is 5.56. The molecular formula is C21H20F2N6. The highest BCUT2D eigenvalue weighted by Gasteiger charge is 2.27. The van der Waals surface area contributed by atoms with E-state index in [1.165, 1.54) is 21.5 Å². The molecule has 0 atom stereocenters. The van der Waals surface area contributed by atoms with Crippen molar-refractivity contribution in [1.82, 2.24) is 29.5 Å². The molecule has 0 aliphatic carbocycles. The number of aromatic nitrogens is 6. The topological polar surface area (TPSA) is 61.4 Å². The van der Waals surface area contributed by atoms with E-state index in [4.69, 9.17) is 9.97 Å². The molecule has 8 heteroatoms. The molecule has 0 radical (unpaired) electrons. The van der Waals surface area contributed by atoms with Crippen molar-refractivity contribution in [2.45, 2.75) is 19.3 Å². The normalized spacial score (nSPS) is 11.8.